The predicted octanol–water partition coefficient (Wildman–Crippen LogP) is 1.79. The van der Waals surface area contributed by atoms with Gasteiger partial charge in [-0.3, -0.25) is 0 Å². The molecule has 0 bridgehead atoms. The average molecular weight is 248 g/mol. The molecule has 1 N–H and O–H groups in total. The molecule has 3 rings (SSSR count). The van der Waals surface area contributed by atoms with Crippen LogP contribution in [0.3, 0.4) is 0 Å². The van der Waals surface area contributed by atoms with Crippen molar-refractivity contribution >= 4 is 0 Å². The fraction of sp³-hybridized carbons (Fsp3) is 0.786. The van der Waals surface area contributed by atoms with Crippen molar-refractivity contribution < 1.29 is 0 Å². The number of hydrogen-bond acceptors (Lipinski definition) is 3. The molecule has 0 aromatic carbocycles. The first-order chi connectivity index (χ1) is 8.86. The van der Waals surface area contributed by atoms with E-state index in [1.807, 2.05) is 12.5 Å². The van der Waals surface area contributed by atoms with Crippen LogP contribution in [0, 0.1) is 0 Å². The van der Waals surface area contributed by atoms with Gasteiger partial charge in [-0.05, 0) is 38.8 Å². The Morgan fingerprint density at radius 3 is 3.06 bits per heavy atom. The number of nitrogens with one attached hydrogen (secondary N) is 1. The van der Waals surface area contributed by atoms with Crippen LogP contribution in [0.15, 0.2) is 12.5 Å². The van der Waals surface area contributed by atoms with E-state index in [4.69, 9.17) is 0 Å². The number of piperidine rings is 1. The lowest BCUT2D eigenvalue weighted by molar-refractivity contribution is 0.183. The fourth-order valence-corrected chi connectivity index (χ4v) is 2.88. The second kappa shape index (κ2) is 5.41. The standard InChI is InChI=1S/C14H24N4/c1-2-17-7-3-4-13(10-17)18-11-15-8-14(18)9-16-12-5-6-12/h8,11-13,16H,2-7,9-10H2,1H3. The molecule has 1 unspecified atom stereocenters. The third kappa shape index (κ3) is 2.75. The molecule has 4 heteroatoms. The number of imidazole rings is 1. The number of aromatic nitrogens is 2. The maximum Gasteiger partial charge on any atom is 0.0951 e. The van der Waals surface area contributed by atoms with Gasteiger partial charge in [-0.2, -0.15) is 0 Å². The normalized spacial score (nSPS) is 25.5. The first kappa shape index (κ1) is 12.2. The molecule has 100 valence electrons. The van der Waals surface area contributed by atoms with Gasteiger partial charge in [-0.25, -0.2) is 4.98 Å². The van der Waals surface area contributed by atoms with Crippen molar-refractivity contribution in [1.29, 1.82) is 0 Å². The van der Waals surface area contributed by atoms with Crippen LogP contribution in [-0.4, -0.2) is 40.1 Å². The van der Waals surface area contributed by atoms with Gasteiger partial charge in [0, 0.05) is 31.4 Å². The monoisotopic (exact) mass is 248 g/mol. The Hall–Kier alpha value is -0.870. The van der Waals surface area contributed by atoms with Crippen LogP contribution in [0.25, 0.3) is 0 Å². The number of hydrogen-bond donors (Lipinski definition) is 1. The lowest BCUT2D eigenvalue weighted by Crippen LogP contribution is -2.37. The molecule has 4 nitrogen and oxygen atoms in total. The zero-order valence-electron chi connectivity index (χ0n) is 11.3. The molecular formula is C14H24N4. The second-order valence-corrected chi connectivity index (χ2v) is 5.64. The number of rotatable bonds is 5. The van der Waals surface area contributed by atoms with Crippen LogP contribution in [0.5, 0.6) is 0 Å². The average Bonchev–Trinajstić information content (AvgIpc) is 3.13. The molecule has 1 aliphatic heterocycles. The zero-order chi connectivity index (χ0) is 12.4. The van der Waals surface area contributed by atoms with Crippen molar-refractivity contribution in [2.75, 3.05) is 19.6 Å². The molecule has 1 aromatic heterocycles. The maximum atomic E-state index is 4.35. The Morgan fingerprint density at radius 1 is 1.39 bits per heavy atom. The Balaban J connectivity index is 1.64. The van der Waals surface area contributed by atoms with Crippen LogP contribution >= 0.6 is 0 Å². The van der Waals surface area contributed by atoms with Crippen LogP contribution in [-0.2, 0) is 6.54 Å². The largest absolute Gasteiger partial charge is 0.329 e. The minimum atomic E-state index is 0.622. The Bertz CT molecular complexity index is 383. The lowest BCUT2D eigenvalue weighted by atomic mass is 10.1. The molecule has 18 heavy (non-hydrogen) atoms. The predicted molar refractivity (Wildman–Crippen MR) is 72.5 cm³/mol. The van der Waals surface area contributed by atoms with E-state index in [9.17, 15) is 0 Å². The first-order valence-electron chi connectivity index (χ1n) is 7.33. The van der Waals surface area contributed by atoms with Gasteiger partial charge < -0.3 is 14.8 Å². The summed E-state index contributed by atoms with van der Waals surface area (Å²) in [6.45, 7) is 6.85. The van der Waals surface area contributed by atoms with Gasteiger partial charge in [-0.1, -0.05) is 6.92 Å². The van der Waals surface area contributed by atoms with E-state index in [0.29, 0.717) is 6.04 Å². The highest BCUT2D eigenvalue weighted by molar-refractivity contribution is 5.02. The topological polar surface area (TPSA) is 33.1 Å². The van der Waals surface area contributed by atoms with Crippen LogP contribution in [0.2, 0.25) is 0 Å². The Morgan fingerprint density at radius 2 is 2.28 bits per heavy atom. The van der Waals surface area contributed by atoms with E-state index >= 15 is 0 Å². The molecule has 2 heterocycles. The minimum Gasteiger partial charge on any atom is -0.329 e. The summed E-state index contributed by atoms with van der Waals surface area (Å²) >= 11 is 0. The van der Waals surface area contributed by atoms with Crippen LogP contribution < -0.4 is 5.32 Å². The highest BCUT2D eigenvalue weighted by atomic mass is 15.2. The van der Waals surface area contributed by atoms with Gasteiger partial charge in [0.1, 0.15) is 0 Å². The molecule has 1 saturated carbocycles. The Labute approximate surface area is 109 Å². The summed E-state index contributed by atoms with van der Waals surface area (Å²) in [4.78, 5) is 6.90. The van der Waals surface area contributed by atoms with E-state index in [1.165, 1.54) is 51.0 Å². The quantitative estimate of drug-likeness (QED) is 0.862. The maximum absolute atomic E-state index is 4.35. The highest BCUT2D eigenvalue weighted by Crippen LogP contribution is 2.24. The van der Waals surface area contributed by atoms with Crippen molar-refractivity contribution in [3.63, 3.8) is 0 Å². The van der Waals surface area contributed by atoms with Crippen molar-refractivity contribution in [3.05, 3.63) is 18.2 Å². The van der Waals surface area contributed by atoms with Gasteiger partial charge in [-0.15, -0.1) is 0 Å². The van der Waals surface area contributed by atoms with Crippen molar-refractivity contribution in [2.24, 2.45) is 0 Å². The number of likely N-dealkylation sites (tertiary alicyclic amines) is 1. The molecular weight excluding hydrogens is 224 g/mol. The van der Waals surface area contributed by atoms with E-state index in [1.54, 1.807) is 0 Å². The molecule has 2 aliphatic rings. The smallest absolute Gasteiger partial charge is 0.0951 e. The van der Waals surface area contributed by atoms with E-state index < -0.39 is 0 Å². The summed E-state index contributed by atoms with van der Waals surface area (Å²) < 4.78 is 2.40. The second-order valence-electron chi connectivity index (χ2n) is 5.64. The summed E-state index contributed by atoms with van der Waals surface area (Å²) in [5.41, 5.74) is 1.35. The van der Waals surface area contributed by atoms with Gasteiger partial charge >= 0.3 is 0 Å². The van der Waals surface area contributed by atoms with E-state index in [-0.39, 0.29) is 0 Å². The molecule has 1 aromatic rings. The third-order valence-electron chi connectivity index (χ3n) is 4.22. The zero-order valence-corrected chi connectivity index (χ0v) is 11.3. The van der Waals surface area contributed by atoms with Gasteiger partial charge in [0.05, 0.1) is 12.0 Å². The molecule has 0 radical (unpaired) electrons. The first-order valence-corrected chi connectivity index (χ1v) is 7.33. The highest BCUT2D eigenvalue weighted by Gasteiger charge is 2.23. The molecule has 1 atom stereocenters. The molecule has 0 amide bonds. The summed E-state index contributed by atoms with van der Waals surface area (Å²) in [7, 11) is 0. The number of likely N-dealkylation sites (N-methyl/N-ethyl adjacent to an activating group) is 1. The van der Waals surface area contributed by atoms with Crippen LogP contribution in [0.1, 0.15) is 44.3 Å². The summed E-state index contributed by atoms with van der Waals surface area (Å²) in [6.07, 6.45) is 9.35. The van der Waals surface area contributed by atoms with Gasteiger partial charge in [0.25, 0.3) is 0 Å². The SMILES string of the molecule is CCN1CCCC(n2cncc2CNC2CC2)C1. The van der Waals surface area contributed by atoms with Crippen LogP contribution in [0.4, 0.5) is 0 Å². The van der Waals surface area contributed by atoms with Gasteiger partial charge in [0.2, 0.25) is 0 Å². The summed E-state index contributed by atoms with van der Waals surface area (Å²) in [5.74, 6) is 0. The minimum absolute atomic E-state index is 0.622. The molecule has 1 aliphatic carbocycles. The number of nitrogens with zero attached hydrogens (tertiary/aromatic N) is 3. The fourth-order valence-electron chi connectivity index (χ4n) is 2.88. The summed E-state index contributed by atoms with van der Waals surface area (Å²) in [6, 6.07) is 1.39. The lowest BCUT2D eigenvalue weighted by Gasteiger charge is -2.33. The van der Waals surface area contributed by atoms with Crippen molar-refractivity contribution in [3.8, 4) is 0 Å². The third-order valence-corrected chi connectivity index (χ3v) is 4.22. The molecule has 1 saturated heterocycles. The van der Waals surface area contributed by atoms with E-state index in [0.717, 1.165) is 12.6 Å². The van der Waals surface area contributed by atoms with Crippen molar-refractivity contribution in [2.45, 2.75) is 51.2 Å². The summed E-state index contributed by atoms with van der Waals surface area (Å²) in [5, 5.41) is 3.59. The Kier molecular flexibility index (Phi) is 3.66. The van der Waals surface area contributed by atoms with E-state index in [2.05, 4.69) is 26.7 Å². The van der Waals surface area contributed by atoms with Gasteiger partial charge in [0.15, 0.2) is 0 Å². The van der Waals surface area contributed by atoms with Crippen molar-refractivity contribution in [1.82, 2.24) is 19.8 Å². The molecule has 2 fully saturated rings. The molecule has 0 spiro atoms.